The van der Waals surface area contributed by atoms with E-state index in [-0.39, 0.29) is 6.04 Å². The molecule has 0 aromatic rings. The van der Waals surface area contributed by atoms with Gasteiger partial charge in [-0.1, -0.05) is 6.92 Å². The lowest BCUT2D eigenvalue weighted by Crippen LogP contribution is -2.49. The third kappa shape index (κ3) is 3.70. The number of methoxy groups -OCH3 is 1. The average Bonchev–Trinajstić information content (AvgIpc) is 1.88. The summed E-state index contributed by atoms with van der Waals surface area (Å²) < 4.78 is 4.88. The Balaban J connectivity index is 3.83. The fourth-order valence-electron chi connectivity index (χ4n) is 0.943. The molecule has 0 heterocycles. The van der Waals surface area contributed by atoms with Crippen molar-refractivity contribution in [2.75, 3.05) is 20.3 Å². The summed E-state index contributed by atoms with van der Waals surface area (Å²) in [6.45, 7) is 6.95. The molecule has 0 bridgehead atoms. The summed E-state index contributed by atoms with van der Waals surface area (Å²) in [7, 11) is 1.59. The molecule has 68 valence electrons. The average molecular weight is 161 g/mol. The van der Waals surface area contributed by atoms with Crippen LogP contribution in [0.3, 0.4) is 0 Å². The first-order chi connectivity index (χ1) is 5.04. The van der Waals surface area contributed by atoms with E-state index < -0.39 is 5.60 Å². The topological polar surface area (TPSA) is 41.5 Å². The smallest absolute Gasteiger partial charge is 0.100 e. The molecule has 2 atom stereocenters. The van der Waals surface area contributed by atoms with Crippen molar-refractivity contribution in [2.45, 2.75) is 32.4 Å². The van der Waals surface area contributed by atoms with Gasteiger partial charge in [-0.05, 0) is 20.4 Å². The molecule has 0 saturated heterocycles. The molecule has 3 nitrogen and oxygen atoms in total. The van der Waals surface area contributed by atoms with E-state index >= 15 is 0 Å². The second kappa shape index (κ2) is 4.70. The standard InChI is InChI=1S/C8H19NO2/c1-5-9-7(2)8(3,10)6-11-4/h7,9-10H,5-6H2,1-4H3. The molecule has 0 fully saturated rings. The number of nitrogens with one attached hydrogen (secondary N) is 1. The van der Waals surface area contributed by atoms with Crippen molar-refractivity contribution in [3.63, 3.8) is 0 Å². The molecule has 3 heteroatoms. The van der Waals surface area contributed by atoms with Crippen LogP contribution in [-0.4, -0.2) is 37.0 Å². The molecule has 0 saturated carbocycles. The summed E-state index contributed by atoms with van der Waals surface area (Å²) in [5, 5.41) is 12.9. The first kappa shape index (κ1) is 10.9. The molecule has 0 aliphatic rings. The summed E-state index contributed by atoms with van der Waals surface area (Å²) in [4.78, 5) is 0. The van der Waals surface area contributed by atoms with Crippen molar-refractivity contribution in [1.29, 1.82) is 0 Å². The maximum atomic E-state index is 9.73. The highest BCUT2D eigenvalue weighted by molar-refractivity contribution is 4.83. The Morgan fingerprint density at radius 2 is 2.18 bits per heavy atom. The molecular formula is C8H19NO2. The normalized spacial score (nSPS) is 19.4. The maximum absolute atomic E-state index is 9.73. The van der Waals surface area contributed by atoms with Gasteiger partial charge in [0.15, 0.2) is 0 Å². The number of likely N-dealkylation sites (N-methyl/N-ethyl adjacent to an activating group) is 1. The summed E-state index contributed by atoms with van der Waals surface area (Å²) in [6, 6.07) is 0.0625. The summed E-state index contributed by atoms with van der Waals surface area (Å²) in [6.07, 6.45) is 0. The highest BCUT2D eigenvalue weighted by atomic mass is 16.5. The lowest BCUT2D eigenvalue weighted by atomic mass is 9.99. The zero-order chi connectivity index (χ0) is 8.91. The van der Waals surface area contributed by atoms with Crippen LogP contribution in [0.4, 0.5) is 0 Å². The Hall–Kier alpha value is -0.120. The van der Waals surface area contributed by atoms with Crippen molar-refractivity contribution >= 4 is 0 Å². The summed E-state index contributed by atoms with van der Waals surface area (Å²) in [5.41, 5.74) is -0.773. The predicted octanol–water partition coefficient (Wildman–Crippen LogP) is 0.382. The van der Waals surface area contributed by atoms with Crippen molar-refractivity contribution in [1.82, 2.24) is 5.32 Å². The quantitative estimate of drug-likeness (QED) is 0.612. The monoisotopic (exact) mass is 161 g/mol. The molecule has 0 amide bonds. The predicted molar refractivity (Wildman–Crippen MR) is 45.6 cm³/mol. The molecular weight excluding hydrogens is 142 g/mol. The number of ether oxygens (including phenoxy) is 1. The molecule has 0 radical (unpaired) electrons. The fourth-order valence-corrected chi connectivity index (χ4v) is 0.943. The van der Waals surface area contributed by atoms with Crippen LogP contribution in [-0.2, 0) is 4.74 Å². The van der Waals surface area contributed by atoms with Gasteiger partial charge in [-0.25, -0.2) is 0 Å². The molecule has 0 aromatic carbocycles. The van der Waals surface area contributed by atoms with Crippen LogP contribution in [0.5, 0.6) is 0 Å². The summed E-state index contributed by atoms with van der Waals surface area (Å²) in [5.74, 6) is 0. The zero-order valence-electron chi connectivity index (χ0n) is 7.85. The van der Waals surface area contributed by atoms with Crippen LogP contribution in [0.2, 0.25) is 0 Å². The molecule has 0 rings (SSSR count). The molecule has 0 aromatic heterocycles. The second-order valence-electron chi connectivity index (χ2n) is 3.07. The molecule has 0 aliphatic heterocycles. The highest BCUT2D eigenvalue weighted by Crippen LogP contribution is 2.09. The third-order valence-corrected chi connectivity index (χ3v) is 1.88. The van der Waals surface area contributed by atoms with Crippen LogP contribution >= 0.6 is 0 Å². The Labute approximate surface area is 68.8 Å². The van der Waals surface area contributed by atoms with E-state index in [2.05, 4.69) is 5.32 Å². The number of hydrogen-bond donors (Lipinski definition) is 2. The largest absolute Gasteiger partial charge is 0.386 e. The van der Waals surface area contributed by atoms with Crippen molar-refractivity contribution in [3.8, 4) is 0 Å². The summed E-state index contributed by atoms with van der Waals surface area (Å²) >= 11 is 0. The lowest BCUT2D eigenvalue weighted by Gasteiger charge is -2.29. The van der Waals surface area contributed by atoms with Gasteiger partial charge in [0.2, 0.25) is 0 Å². The Kier molecular flexibility index (Phi) is 4.65. The number of aliphatic hydroxyl groups is 1. The minimum absolute atomic E-state index is 0.0625. The van der Waals surface area contributed by atoms with E-state index in [0.29, 0.717) is 6.61 Å². The highest BCUT2D eigenvalue weighted by Gasteiger charge is 2.27. The van der Waals surface area contributed by atoms with Gasteiger partial charge in [0.05, 0.1) is 6.61 Å². The number of hydrogen-bond acceptors (Lipinski definition) is 3. The van der Waals surface area contributed by atoms with Crippen LogP contribution in [0, 0.1) is 0 Å². The van der Waals surface area contributed by atoms with Gasteiger partial charge in [-0.2, -0.15) is 0 Å². The van der Waals surface area contributed by atoms with E-state index in [9.17, 15) is 5.11 Å². The van der Waals surface area contributed by atoms with Gasteiger partial charge < -0.3 is 15.2 Å². The van der Waals surface area contributed by atoms with E-state index in [4.69, 9.17) is 4.74 Å². The van der Waals surface area contributed by atoms with Crippen LogP contribution in [0.15, 0.2) is 0 Å². The Bertz CT molecular complexity index is 104. The van der Waals surface area contributed by atoms with Crippen LogP contribution in [0.25, 0.3) is 0 Å². The number of rotatable bonds is 5. The lowest BCUT2D eigenvalue weighted by molar-refractivity contribution is -0.0391. The van der Waals surface area contributed by atoms with E-state index in [0.717, 1.165) is 6.54 Å². The minimum atomic E-state index is -0.773. The maximum Gasteiger partial charge on any atom is 0.100 e. The SMILES string of the molecule is CCNC(C)C(C)(O)COC. The van der Waals surface area contributed by atoms with Crippen molar-refractivity contribution < 1.29 is 9.84 Å². The Morgan fingerprint density at radius 1 is 1.64 bits per heavy atom. The zero-order valence-corrected chi connectivity index (χ0v) is 7.85. The van der Waals surface area contributed by atoms with Gasteiger partial charge in [0.25, 0.3) is 0 Å². The molecule has 0 spiro atoms. The fraction of sp³-hybridized carbons (Fsp3) is 1.00. The third-order valence-electron chi connectivity index (χ3n) is 1.88. The second-order valence-corrected chi connectivity index (χ2v) is 3.07. The van der Waals surface area contributed by atoms with E-state index in [1.54, 1.807) is 14.0 Å². The minimum Gasteiger partial charge on any atom is -0.386 e. The van der Waals surface area contributed by atoms with Crippen LogP contribution in [0.1, 0.15) is 20.8 Å². The molecule has 2 N–H and O–H groups in total. The van der Waals surface area contributed by atoms with Crippen LogP contribution < -0.4 is 5.32 Å². The van der Waals surface area contributed by atoms with E-state index in [1.165, 1.54) is 0 Å². The van der Waals surface area contributed by atoms with Crippen molar-refractivity contribution in [3.05, 3.63) is 0 Å². The first-order valence-corrected chi connectivity index (χ1v) is 3.99. The van der Waals surface area contributed by atoms with Gasteiger partial charge in [0.1, 0.15) is 5.60 Å². The molecule has 0 aliphatic carbocycles. The van der Waals surface area contributed by atoms with Gasteiger partial charge >= 0.3 is 0 Å². The Morgan fingerprint density at radius 3 is 2.55 bits per heavy atom. The molecule has 11 heavy (non-hydrogen) atoms. The van der Waals surface area contributed by atoms with Gasteiger partial charge in [-0.3, -0.25) is 0 Å². The van der Waals surface area contributed by atoms with Crippen molar-refractivity contribution in [2.24, 2.45) is 0 Å². The van der Waals surface area contributed by atoms with E-state index in [1.807, 2.05) is 13.8 Å². The molecule has 2 unspecified atom stereocenters. The van der Waals surface area contributed by atoms with Gasteiger partial charge in [-0.15, -0.1) is 0 Å². The first-order valence-electron chi connectivity index (χ1n) is 3.99. The van der Waals surface area contributed by atoms with Gasteiger partial charge in [0, 0.05) is 13.2 Å².